The fourth-order valence-corrected chi connectivity index (χ4v) is 2.33. The standard InChI is InChI=1S/C16H20N2O3/c1-10(2)15(16(20)21)18-14(19)8-7-11-9-17-13-6-4-3-5-12(11)13/h3-6,9-10,15,17H,7-8H2,1-2H3,(H,18,19)(H,20,21)/p-1/t15-/m1/s1. The molecule has 0 fully saturated rings. The second-order valence-electron chi connectivity index (χ2n) is 5.47. The van der Waals surface area contributed by atoms with E-state index in [0.29, 0.717) is 6.42 Å². The number of aliphatic carboxylic acids is 1. The largest absolute Gasteiger partial charge is 0.548 e. The topological polar surface area (TPSA) is 85.0 Å². The molecule has 0 aliphatic carbocycles. The molecular formula is C16H19N2O3-. The van der Waals surface area contributed by atoms with Crippen LogP contribution in [0.2, 0.25) is 0 Å². The molecular weight excluding hydrogens is 268 g/mol. The summed E-state index contributed by atoms with van der Waals surface area (Å²) in [5.74, 6) is -1.72. The van der Waals surface area contributed by atoms with Crippen molar-refractivity contribution in [1.82, 2.24) is 10.3 Å². The zero-order valence-corrected chi connectivity index (χ0v) is 12.2. The maximum atomic E-state index is 11.9. The average molecular weight is 287 g/mol. The van der Waals surface area contributed by atoms with E-state index in [2.05, 4.69) is 10.3 Å². The lowest BCUT2D eigenvalue weighted by atomic mass is 10.0. The lowest BCUT2D eigenvalue weighted by Gasteiger charge is -2.23. The van der Waals surface area contributed by atoms with Crippen LogP contribution in [-0.2, 0) is 16.0 Å². The Labute approximate surface area is 123 Å². The van der Waals surface area contributed by atoms with E-state index < -0.39 is 12.0 Å². The number of aromatic amines is 1. The first kappa shape index (κ1) is 15.1. The van der Waals surface area contributed by atoms with Gasteiger partial charge in [-0.25, -0.2) is 0 Å². The number of amides is 1. The number of H-pyrrole nitrogens is 1. The number of aryl methyl sites for hydroxylation is 1. The van der Waals surface area contributed by atoms with Crippen LogP contribution in [-0.4, -0.2) is 22.9 Å². The van der Waals surface area contributed by atoms with Gasteiger partial charge in [0, 0.05) is 23.5 Å². The fraction of sp³-hybridized carbons (Fsp3) is 0.375. The van der Waals surface area contributed by atoms with E-state index in [9.17, 15) is 14.7 Å². The molecule has 1 heterocycles. The Bertz CT molecular complexity index is 646. The van der Waals surface area contributed by atoms with Gasteiger partial charge in [0.05, 0.1) is 12.0 Å². The van der Waals surface area contributed by atoms with Gasteiger partial charge >= 0.3 is 0 Å². The quantitative estimate of drug-likeness (QED) is 0.831. The number of hydrogen-bond donors (Lipinski definition) is 2. The van der Waals surface area contributed by atoms with Gasteiger partial charge in [0.1, 0.15) is 0 Å². The molecule has 0 saturated carbocycles. The lowest BCUT2D eigenvalue weighted by molar-refractivity contribution is -0.309. The molecule has 5 nitrogen and oxygen atoms in total. The molecule has 21 heavy (non-hydrogen) atoms. The highest BCUT2D eigenvalue weighted by atomic mass is 16.4. The Morgan fingerprint density at radius 3 is 2.67 bits per heavy atom. The van der Waals surface area contributed by atoms with Crippen LogP contribution in [0.1, 0.15) is 25.8 Å². The first-order valence-electron chi connectivity index (χ1n) is 7.04. The van der Waals surface area contributed by atoms with E-state index in [-0.39, 0.29) is 18.2 Å². The Balaban J connectivity index is 1.96. The van der Waals surface area contributed by atoms with Crippen LogP contribution in [0.25, 0.3) is 10.9 Å². The molecule has 1 amide bonds. The minimum atomic E-state index is -1.24. The fourth-order valence-electron chi connectivity index (χ4n) is 2.33. The molecule has 0 aliphatic rings. The van der Waals surface area contributed by atoms with Crippen molar-refractivity contribution in [1.29, 1.82) is 0 Å². The molecule has 0 saturated heterocycles. The predicted molar refractivity (Wildman–Crippen MR) is 78.4 cm³/mol. The summed E-state index contributed by atoms with van der Waals surface area (Å²) in [6, 6.07) is 6.93. The number of aromatic nitrogens is 1. The Hall–Kier alpha value is -2.30. The number of para-hydroxylation sites is 1. The smallest absolute Gasteiger partial charge is 0.220 e. The van der Waals surface area contributed by atoms with Crippen molar-refractivity contribution in [2.75, 3.05) is 0 Å². The number of carbonyl (C=O) groups excluding carboxylic acids is 2. The molecule has 1 atom stereocenters. The number of nitrogens with one attached hydrogen (secondary N) is 2. The highest BCUT2D eigenvalue weighted by Gasteiger charge is 2.17. The predicted octanol–water partition coefficient (Wildman–Crippen LogP) is 0.991. The van der Waals surface area contributed by atoms with Crippen LogP contribution in [0.4, 0.5) is 0 Å². The average Bonchev–Trinajstić information content (AvgIpc) is 2.85. The third kappa shape index (κ3) is 3.62. The van der Waals surface area contributed by atoms with Crippen molar-refractivity contribution >= 4 is 22.8 Å². The number of carbonyl (C=O) groups is 2. The summed E-state index contributed by atoms with van der Waals surface area (Å²) in [7, 11) is 0. The molecule has 0 unspecified atom stereocenters. The highest BCUT2D eigenvalue weighted by Crippen LogP contribution is 2.18. The van der Waals surface area contributed by atoms with Crippen molar-refractivity contribution in [3.63, 3.8) is 0 Å². The molecule has 2 N–H and O–H groups in total. The summed E-state index contributed by atoms with van der Waals surface area (Å²) in [6.45, 7) is 3.47. The first-order chi connectivity index (χ1) is 9.99. The molecule has 0 radical (unpaired) electrons. The molecule has 112 valence electrons. The van der Waals surface area contributed by atoms with E-state index in [1.54, 1.807) is 13.8 Å². The minimum Gasteiger partial charge on any atom is -0.548 e. The van der Waals surface area contributed by atoms with E-state index in [1.165, 1.54) is 0 Å². The maximum absolute atomic E-state index is 11.9. The van der Waals surface area contributed by atoms with Gasteiger partial charge < -0.3 is 20.2 Å². The Morgan fingerprint density at radius 1 is 1.29 bits per heavy atom. The molecule has 1 aromatic carbocycles. The monoisotopic (exact) mass is 287 g/mol. The third-order valence-corrected chi connectivity index (χ3v) is 3.53. The number of rotatable bonds is 6. The summed E-state index contributed by atoms with van der Waals surface area (Å²) in [5.41, 5.74) is 2.08. The number of carboxylic acids is 1. The molecule has 0 bridgehead atoms. The number of carboxylic acid groups (broad SMARTS) is 1. The van der Waals surface area contributed by atoms with Gasteiger partial charge in [-0.2, -0.15) is 0 Å². The highest BCUT2D eigenvalue weighted by molar-refractivity contribution is 5.85. The van der Waals surface area contributed by atoms with Crippen LogP contribution in [0.15, 0.2) is 30.5 Å². The van der Waals surface area contributed by atoms with Gasteiger partial charge in [-0.1, -0.05) is 32.0 Å². The van der Waals surface area contributed by atoms with Crippen molar-refractivity contribution in [3.05, 3.63) is 36.0 Å². The second-order valence-corrected chi connectivity index (χ2v) is 5.47. The number of fused-ring (bicyclic) bond motifs is 1. The molecule has 0 spiro atoms. The van der Waals surface area contributed by atoms with E-state index >= 15 is 0 Å². The SMILES string of the molecule is CC(C)[C@@H](NC(=O)CCc1c[nH]c2ccccc12)C(=O)[O-]. The molecule has 0 aliphatic heterocycles. The van der Waals surface area contributed by atoms with Gasteiger partial charge in [0.25, 0.3) is 0 Å². The van der Waals surface area contributed by atoms with Crippen molar-refractivity contribution in [2.45, 2.75) is 32.7 Å². The summed E-state index contributed by atoms with van der Waals surface area (Å²) in [6.07, 6.45) is 2.70. The van der Waals surface area contributed by atoms with E-state index in [4.69, 9.17) is 0 Å². The third-order valence-electron chi connectivity index (χ3n) is 3.53. The summed E-state index contributed by atoms with van der Waals surface area (Å²) in [5, 5.41) is 14.6. The van der Waals surface area contributed by atoms with Crippen LogP contribution >= 0.6 is 0 Å². The molecule has 2 aromatic rings. The van der Waals surface area contributed by atoms with Gasteiger partial charge in [0.15, 0.2) is 0 Å². The molecule has 5 heteroatoms. The van der Waals surface area contributed by atoms with Gasteiger partial charge in [-0.15, -0.1) is 0 Å². The maximum Gasteiger partial charge on any atom is 0.220 e. The van der Waals surface area contributed by atoms with Gasteiger partial charge in [-0.3, -0.25) is 4.79 Å². The number of benzene rings is 1. The minimum absolute atomic E-state index is 0.202. The van der Waals surface area contributed by atoms with Crippen LogP contribution < -0.4 is 10.4 Å². The van der Waals surface area contributed by atoms with Crippen LogP contribution in [0.3, 0.4) is 0 Å². The summed E-state index contributed by atoms with van der Waals surface area (Å²) >= 11 is 0. The summed E-state index contributed by atoms with van der Waals surface area (Å²) < 4.78 is 0. The summed E-state index contributed by atoms with van der Waals surface area (Å²) in [4.78, 5) is 26.0. The Morgan fingerprint density at radius 2 is 2.00 bits per heavy atom. The van der Waals surface area contributed by atoms with E-state index in [0.717, 1.165) is 16.5 Å². The molecule has 1 aromatic heterocycles. The zero-order valence-electron chi connectivity index (χ0n) is 12.2. The lowest BCUT2D eigenvalue weighted by Crippen LogP contribution is -2.50. The van der Waals surface area contributed by atoms with Crippen molar-refractivity contribution in [2.24, 2.45) is 5.92 Å². The van der Waals surface area contributed by atoms with E-state index in [1.807, 2.05) is 30.5 Å². The van der Waals surface area contributed by atoms with Crippen molar-refractivity contribution in [3.8, 4) is 0 Å². The number of hydrogen-bond acceptors (Lipinski definition) is 3. The first-order valence-corrected chi connectivity index (χ1v) is 7.04. The van der Waals surface area contributed by atoms with Crippen LogP contribution in [0, 0.1) is 5.92 Å². The van der Waals surface area contributed by atoms with Crippen molar-refractivity contribution < 1.29 is 14.7 Å². The van der Waals surface area contributed by atoms with Gasteiger partial charge in [-0.05, 0) is 24.0 Å². The van der Waals surface area contributed by atoms with Crippen LogP contribution in [0.5, 0.6) is 0 Å². The van der Waals surface area contributed by atoms with Gasteiger partial charge in [0.2, 0.25) is 5.91 Å². The molecule has 2 rings (SSSR count). The normalized spacial score (nSPS) is 12.5. The second kappa shape index (κ2) is 6.43. The zero-order chi connectivity index (χ0) is 15.4. The Kier molecular flexibility index (Phi) is 4.62.